The Kier molecular flexibility index (Phi) is 5.66. The predicted molar refractivity (Wildman–Crippen MR) is 135 cm³/mol. The number of halogens is 1. The first kappa shape index (κ1) is 21.2. The fourth-order valence-corrected chi connectivity index (χ4v) is 5.31. The third-order valence-corrected chi connectivity index (χ3v) is 7.08. The van der Waals surface area contributed by atoms with Crippen LogP contribution < -0.4 is 10.1 Å². The maximum Gasteiger partial charge on any atom is 0.166 e. The Bertz CT molecular complexity index is 1490. The monoisotopic (exact) mass is 485 g/mol. The molecule has 0 radical (unpaired) electrons. The smallest absolute Gasteiger partial charge is 0.166 e. The highest BCUT2D eigenvalue weighted by Crippen LogP contribution is 2.40. The first-order valence-corrected chi connectivity index (χ1v) is 12.3. The van der Waals surface area contributed by atoms with Crippen LogP contribution in [-0.2, 0) is 19.6 Å². The van der Waals surface area contributed by atoms with Gasteiger partial charge in [0.2, 0.25) is 0 Å². The van der Waals surface area contributed by atoms with Gasteiger partial charge in [0.25, 0.3) is 0 Å². The van der Waals surface area contributed by atoms with E-state index in [2.05, 4.69) is 55.1 Å². The Morgan fingerprint density at radius 3 is 2.76 bits per heavy atom. The second-order valence-corrected chi connectivity index (χ2v) is 9.42. The molecule has 6 nitrogen and oxygen atoms in total. The van der Waals surface area contributed by atoms with Crippen molar-refractivity contribution in [1.82, 2.24) is 25.5 Å². The van der Waals surface area contributed by atoms with E-state index in [0.717, 1.165) is 52.1 Å². The normalized spacial score (nSPS) is 13.1. The zero-order valence-electron chi connectivity index (χ0n) is 18.2. The number of nitrogens with zero attached hydrogens (tertiary/aromatic N) is 4. The highest BCUT2D eigenvalue weighted by atomic mass is 35.5. The summed E-state index contributed by atoms with van der Waals surface area (Å²) in [6, 6.07) is 16.1. The fraction of sp³-hybridized carbons (Fsp3) is 0.154. The predicted octanol–water partition coefficient (Wildman–Crippen LogP) is 5.69. The Hall–Kier alpha value is -3.39. The summed E-state index contributed by atoms with van der Waals surface area (Å²) in [5, 5.41) is 16.5. The molecule has 1 aliphatic rings. The van der Waals surface area contributed by atoms with Crippen LogP contribution in [0.5, 0.6) is 5.75 Å². The van der Waals surface area contributed by atoms with Gasteiger partial charge in [-0.15, -0.1) is 21.5 Å². The van der Waals surface area contributed by atoms with E-state index in [9.17, 15) is 0 Å². The third kappa shape index (κ3) is 4.03. The van der Waals surface area contributed by atoms with Crippen LogP contribution in [0.3, 0.4) is 0 Å². The molecule has 0 aliphatic carbocycles. The Labute approximate surface area is 205 Å². The van der Waals surface area contributed by atoms with Crippen LogP contribution in [0.15, 0.2) is 66.3 Å². The number of aromatic nitrogens is 4. The van der Waals surface area contributed by atoms with Crippen molar-refractivity contribution in [3.8, 4) is 28.3 Å². The van der Waals surface area contributed by atoms with Crippen LogP contribution in [0.1, 0.15) is 17.0 Å². The largest absolute Gasteiger partial charge is 0.485 e. The summed E-state index contributed by atoms with van der Waals surface area (Å²) in [7, 11) is 0. The number of ether oxygens (including phenoxy) is 1. The summed E-state index contributed by atoms with van der Waals surface area (Å²) in [6.07, 6.45) is 4.42. The quantitative estimate of drug-likeness (QED) is 0.344. The lowest BCUT2D eigenvalue weighted by molar-refractivity contribution is 0.297. The van der Waals surface area contributed by atoms with Crippen LogP contribution in [0, 0.1) is 0 Å². The van der Waals surface area contributed by atoms with Gasteiger partial charge in [-0.05, 0) is 65.9 Å². The summed E-state index contributed by atoms with van der Waals surface area (Å²) >= 11 is 7.95. The second-order valence-electron chi connectivity index (χ2n) is 8.07. The van der Waals surface area contributed by atoms with E-state index in [-0.39, 0.29) is 6.61 Å². The molecule has 4 heterocycles. The zero-order chi connectivity index (χ0) is 22.9. The lowest BCUT2D eigenvalue weighted by atomic mass is 9.96. The van der Waals surface area contributed by atoms with Gasteiger partial charge >= 0.3 is 0 Å². The Morgan fingerprint density at radius 2 is 1.85 bits per heavy atom. The molecule has 0 fully saturated rings. The van der Waals surface area contributed by atoms with E-state index in [1.807, 2.05) is 12.1 Å². The summed E-state index contributed by atoms with van der Waals surface area (Å²) in [6.45, 7) is 2.15. The molecule has 0 atom stereocenters. The van der Waals surface area contributed by atoms with Crippen LogP contribution in [0.4, 0.5) is 0 Å². The second kappa shape index (κ2) is 9.10. The van der Waals surface area contributed by atoms with Crippen molar-refractivity contribution in [1.29, 1.82) is 0 Å². The Balaban J connectivity index is 1.41. The van der Waals surface area contributed by atoms with Gasteiger partial charge in [-0.1, -0.05) is 23.7 Å². The molecule has 0 amide bonds. The number of hydrogen-bond donors (Lipinski definition) is 1. The van der Waals surface area contributed by atoms with Gasteiger partial charge in [-0.2, -0.15) is 0 Å². The maximum atomic E-state index is 6.30. The van der Waals surface area contributed by atoms with Crippen molar-refractivity contribution < 1.29 is 4.74 Å². The van der Waals surface area contributed by atoms with Gasteiger partial charge in [0.15, 0.2) is 5.82 Å². The lowest BCUT2D eigenvalue weighted by Crippen LogP contribution is -2.23. The van der Waals surface area contributed by atoms with Crippen LogP contribution in [0.25, 0.3) is 32.6 Å². The average molecular weight is 486 g/mol. The van der Waals surface area contributed by atoms with Crippen molar-refractivity contribution in [2.45, 2.75) is 19.6 Å². The van der Waals surface area contributed by atoms with E-state index in [1.54, 1.807) is 35.9 Å². The molecule has 0 bridgehead atoms. The number of benzene rings is 2. The number of hydrogen-bond acceptors (Lipinski definition) is 7. The molecule has 3 aromatic heterocycles. The van der Waals surface area contributed by atoms with E-state index in [4.69, 9.17) is 16.3 Å². The van der Waals surface area contributed by atoms with Gasteiger partial charge in [-0.3, -0.25) is 0 Å². The highest BCUT2D eigenvalue weighted by molar-refractivity contribution is 7.17. The van der Waals surface area contributed by atoms with Crippen molar-refractivity contribution >= 4 is 33.0 Å². The van der Waals surface area contributed by atoms with Gasteiger partial charge in [0, 0.05) is 40.5 Å². The minimum absolute atomic E-state index is 0.233. The van der Waals surface area contributed by atoms with Crippen LogP contribution >= 0.6 is 22.9 Å². The third-order valence-electron chi connectivity index (χ3n) is 5.93. The summed E-state index contributed by atoms with van der Waals surface area (Å²) in [4.78, 5) is 8.47. The topological polar surface area (TPSA) is 72.8 Å². The molecule has 5 aromatic rings. The number of thiophene rings is 1. The highest BCUT2D eigenvalue weighted by Gasteiger charge is 2.19. The molecule has 1 N–H and O–H groups in total. The van der Waals surface area contributed by atoms with E-state index in [1.165, 1.54) is 11.1 Å². The average Bonchev–Trinajstić information content (AvgIpc) is 3.38. The van der Waals surface area contributed by atoms with Gasteiger partial charge in [-0.25, -0.2) is 9.97 Å². The summed E-state index contributed by atoms with van der Waals surface area (Å²) in [5.41, 5.74) is 6.33. The van der Waals surface area contributed by atoms with Crippen LogP contribution in [-0.4, -0.2) is 26.7 Å². The first-order valence-electron chi connectivity index (χ1n) is 11.0. The molecular formula is C26H20ClN5OS. The van der Waals surface area contributed by atoms with Crippen molar-refractivity contribution in [3.63, 3.8) is 0 Å². The van der Waals surface area contributed by atoms with Gasteiger partial charge in [0.1, 0.15) is 23.7 Å². The first-order chi connectivity index (χ1) is 16.8. The molecule has 1 aliphatic heterocycles. The Morgan fingerprint density at radius 1 is 0.971 bits per heavy atom. The molecule has 0 saturated heterocycles. The molecule has 0 unspecified atom stereocenters. The summed E-state index contributed by atoms with van der Waals surface area (Å²) < 4.78 is 7.15. The molecule has 0 spiro atoms. The van der Waals surface area contributed by atoms with Gasteiger partial charge in [0.05, 0.1) is 4.70 Å². The summed E-state index contributed by atoms with van der Waals surface area (Å²) in [5.74, 6) is 1.22. The van der Waals surface area contributed by atoms with Gasteiger partial charge < -0.3 is 10.1 Å². The van der Waals surface area contributed by atoms with Crippen molar-refractivity contribution in [3.05, 3.63) is 88.3 Å². The van der Waals surface area contributed by atoms with Crippen molar-refractivity contribution in [2.75, 3.05) is 6.54 Å². The maximum absolute atomic E-state index is 6.30. The number of fused-ring (bicyclic) bond motifs is 2. The minimum atomic E-state index is 0.233. The molecule has 2 aromatic carbocycles. The SMILES string of the molecule is Clc1ccc(-c2nnc(-c3ccc4c(c3)CCNC4)c3ccsc23)c(OCc2ncccn2)c1. The molecule has 8 heteroatoms. The van der Waals surface area contributed by atoms with Crippen molar-refractivity contribution in [2.24, 2.45) is 0 Å². The van der Waals surface area contributed by atoms with E-state index >= 15 is 0 Å². The fourth-order valence-electron chi connectivity index (χ4n) is 4.25. The molecule has 34 heavy (non-hydrogen) atoms. The number of nitrogens with one attached hydrogen (secondary N) is 1. The zero-order valence-corrected chi connectivity index (χ0v) is 19.7. The molecular weight excluding hydrogens is 466 g/mol. The standard InChI is InChI=1S/C26H20ClN5OS/c27-19-4-5-20(22(13-19)33-15-23-29-8-1-9-30-23)25-26-21(7-11-34-26)24(31-32-25)17-2-3-18-14-28-10-6-16(18)12-17/h1-5,7-9,11-13,28H,6,10,14-15H2. The van der Waals surface area contributed by atoms with E-state index in [0.29, 0.717) is 16.6 Å². The lowest BCUT2D eigenvalue weighted by Gasteiger charge is -2.18. The number of rotatable bonds is 5. The molecule has 0 saturated carbocycles. The minimum Gasteiger partial charge on any atom is -0.485 e. The molecule has 6 rings (SSSR count). The van der Waals surface area contributed by atoms with Crippen LogP contribution in [0.2, 0.25) is 5.02 Å². The van der Waals surface area contributed by atoms with E-state index < -0.39 is 0 Å². The molecule has 168 valence electrons.